The van der Waals surface area contributed by atoms with Crippen LogP contribution in [0.1, 0.15) is 17.2 Å². The summed E-state index contributed by atoms with van der Waals surface area (Å²) >= 11 is 0. The molecule has 0 fully saturated rings. The van der Waals surface area contributed by atoms with Gasteiger partial charge in [-0.05, 0) is 36.9 Å². The zero-order valence-corrected chi connectivity index (χ0v) is 11.5. The first-order chi connectivity index (χ1) is 10.0. The van der Waals surface area contributed by atoms with Gasteiger partial charge in [0.2, 0.25) is 0 Å². The summed E-state index contributed by atoms with van der Waals surface area (Å²) < 4.78 is 43.3. The van der Waals surface area contributed by atoms with Gasteiger partial charge < -0.3 is 10.1 Å². The van der Waals surface area contributed by atoms with E-state index in [2.05, 4.69) is 5.32 Å². The van der Waals surface area contributed by atoms with E-state index in [1.807, 2.05) is 30.3 Å². The summed E-state index contributed by atoms with van der Waals surface area (Å²) in [6.07, 6.45) is -4.59. The maximum absolute atomic E-state index is 12.5. The first-order valence-electron chi connectivity index (χ1n) is 6.54. The number of halogens is 3. The molecule has 0 saturated heterocycles. The highest BCUT2D eigenvalue weighted by atomic mass is 19.4. The Morgan fingerprint density at radius 2 is 1.62 bits per heavy atom. The molecule has 0 amide bonds. The zero-order chi connectivity index (χ0) is 15.3. The Balaban J connectivity index is 2.14. The second-order valence-electron chi connectivity index (χ2n) is 4.60. The molecule has 2 aromatic carbocycles. The molecular formula is C16H16F3NO. The highest BCUT2D eigenvalue weighted by molar-refractivity contribution is 5.30. The summed E-state index contributed by atoms with van der Waals surface area (Å²) in [5.74, 6) is 0.409. The van der Waals surface area contributed by atoms with Crippen LogP contribution in [-0.4, -0.2) is 13.6 Å². The Morgan fingerprint density at radius 3 is 2.14 bits per heavy atom. The first-order valence-corrected chi connectivity index (χ1v) is 6.54. The molecule has 112 valence electrons. The van der Waals surface area contributed by atoms with Gasteiger partial charge in [-0.25, -0.2) is 0 Å². The molecule has 0 aliphatic carbocycles. The van der Waals surface area contributed by atoms with Crippen LogP contribution in [0.4, 0.5) is 13.2 Å². The summed E-state index contributed by atoms with van der Waals surface area (Å²) in [4.78, 5) is 0. The molecular weight excluding hydrogens is 279 g/mol. The van der Waals surface area contributed by atoms with E-state index in [4.69, 9.17) is 4.74 Å². The number of benzene rings is 2. The van der Waals surface area contributed by atoms with Gasteiger partial charge in [-0.1, -0.05) is 30.3 Å². The quantitative estimate of drug-likeness (QED) is 0.898. The van der Waals surface area contributed by atoms with Crippen molar-refractivity contribution in [1.29, 1.82) is 0 Å². The van der Waals surface area contributed by atoms with Crippen LogP contribution < -0.4 is 10.1 Å². The average Bonchev–Trinajstić information content (AvgIpc) is 2.47. The smallest absolute Gasteiger partial charge is 0.416 e. The van der Waals surface area contributed by atoms with Gasteiger partial charge in [0, 0.05) is 6.54 Å². The van der Waals surface area contributed by atoms with Gasteiger partial charge in [0.05, 0.1) is 5.56 Å². The molecule has 0 aromatic heterocycles. The third-order valence-corrected chi connectivity index (χ3v) is 3.02. The van der Waals surface area contributed by atoms with Gasteiger partial charge in [-0.15, -0.1) is 0 Å². The summed E-state index contributed by atoms with van der Waals surface area (Å²) in [5.41, 5.74) is 0.284. The van der Waals surface area contributed by atoms with E-state index in [0.29, 0.717) is 12.3 Å². The molecule has 1 atom stereocenters. The van der Waals surface area contributed by atoms with Gasteiger partial charge in [0.15, 0.2) is 0 Å². The topological polar surface area (TPSA) is 21.3 Å². The molecule has 0 aliphatic rings. The highest BCUT2D eigenvalue weighted by Gasteiger charge is 2.30. The third kappa shape index (κ3) is 4.23. The number of ether oxygens (including phenoxy) is 1. The standard InChI is InChI=1S/C16H16F3NO/c1-20-11-15(12-5-3-2-4-6-12)21-14-9-7-13(8-10-14)16(17,18)19/h2-10,15,20H,11H2,1H3. The fraction of sp³-hybridized carbons (Fsp3) is 0.250. The largest absolute Gasteiger partial charge is 0.484 e. The van der Waals surface area contributed by atoms with Crippen LogP contribution >= 0.6 is 0 Å². The number of hydrogen-bond donors (Lipinski definition) is 1. The zero-order valence-electron chi connectivity index (χ0n) is 11.5. The monoisotopic (exact) mass is 295 g/mol. The van der Waals surface area contributed by atoms with Crippen LogP contribution in [0.3, 0.4) is 0 Å². The molecule has 0 spiro atoms. The fourth-order valence-electron chi connectivity index (χ4n) is 1.97. The van der Waals surface area contributed by atoms with Crippen LogP contribution in [0.5, 0.6) is 5.75 Å². The Bertz CT molecular complexity index is 552. The SMILES string of the molecule is CNCC(Oc1ccc(C(F)(F)F)cc1)c1ccccc1. The number of hydrogen-bond acceptors (Lipinski definition) is 2. The second kappa shape index (κ2) is 6.63. The van der Waals surface area contributed by atoms with E-state index < -0.39 is 11.7 Å². The maximum atomic E-state index is 12.5. The second-order valence-corrected chi connectivity index (χ2v) is 4.60. The van der Waals surface area contributed by atoms with E-state index in [9.17, 15) is 13.2 Å². The lowest BCUT2D eigenvalue weighted by molar-refractivity contribution is -0.137. The summed E-state index contributed by atoms with van der Waals surface area (Å²) in [6, 6.07) is 14.3. The maximum Gasteiger partial charge on any atom is 0.416 e. The molecule has 2 rings (SSSR count). The van der Waals surface area contributed by atoms with Crippen molar-refractivity contribution >= 4 is 0 Å². The summed E-state index contributed by atoms with van der Waals surface area (Å²) in [5, 5.41) is 3.02. The van der Waals surface area contributed by atoms with E-state index in [1.165, 1.54) is 12.1 Å². The molecule has 0 saturated carbocycles. The van der Waals surface area contributed by atoms with Gasteiger partial charge in [-0.2, -0.15) is 13.2 Å². The molecule has 1 unspecified atom stereocenters. The Kier molecular flexibility index (Phi) is 4.85. The van der Waals surface area contributed by atoms with Crippen LogP contribution in [-0.2, 0) is 6.18 Å². The van der Waals surface area contributed by atoms with Crippen molar-refractivity contribution < 1.29 is 17.9 Å². The van der Waals surface area contributed by atoms with Gasteiger partial charge in [0.1, 0.15) is 11.9 Å². The van der Waals surface area contributed by atoms with Gasteiger partial charge >= 0.3 is 6.18 Å². The average molecular weight is 295 g/mol. The molecule has 2 aromatic rings. The molecule has 0 radical (unpaired) electrons. The molecule has 5 heteroatoms. The Morgan fingerprint density at radius 1 is 1.00 bits per heavy atom. The lowest BCUT2D eigenvalue weighted by Gasteiger charge is -2.19. The van der Waals surface area contributed by atoms with Crippen molar-refractivity contribution in [3.05, 3.63) is 65.7 Å². The van der Waals surface area contributed by atoms with Crippen molar-refractivity contribution in [1.82, 2.24) is 5.32 Å². The molecule has 21 heavy (non-hydrogen) atoms. The predicted molar refractivity (Wildman–Crippen MR) is 75.2 cm³/mol. The van der Waals surface area contributed by atoms with Crippen LogP contribution in [0.25, 0.3) is 0 Å². The number of likely N-dealkylation sites (N-methyl/N-ethyl adjacent to an activating group) is 1. The van der Waals surface area contributed by atoms with Crippen molar-refractivity contribution in [3.63, 3.8) is 0 Å². The van der Waals surface area contributed by atoms with Crippen molar-refractivity contribution in [2.75, 3.05) is 13.6 Å². The van der Waals surface area contributed by atoms with Gasteiger partial charge in [0.25, 0.3) is 0 Å². The van der Waals surface area contributed by atoms with Crippen molar-refractivity contribution in [2.45, 2.75) is 12.3 Å². The van der Waals surface area contributed by atoms with Crippen molar-refractivity contribution in [3.8, 4) is 5.75 Å². The number of nitrogens with one attached hydrogen (secondary N) is 1. The summed E-state index contributed by atoms with van der Waals surface area (Å²) in [7, 11) is 1.80. The Hall–Kier alpha value is -2.01. The lowest BCUT2D eigenvalue weighted by atomic mass is 10.1. The van der Waals surface area contributed by atoms with E-state index in [1.54, 1.807) is 7.05 Å². The normalized spacial score (nSPS) is 13.0. The molecule has 0 aliphatic heterocycles. The molecule has 0 heterocycles. The van der Waals surface area contributed by atoms with Crippen LogP contribution in [0, 0.1) is 0 Å². The number of alkyl halides is 3. The van der Waals surface area contributed by atoms with E-state index in [0.717, 1.165) is 17.7 Å². The highest BCUT2D eigenvalue weighted by Crippen LogP contribution is 2.31. The molecule has 0 bridgehead atoms. The predicted octanol–water partition coefficient (Wildman–Crippen LogP) is 4.04. The first kappa shape index (κ1) is 15.4. The fourth-order valence-corrected chi connectivity index (χ4v) is 1.97. The summed E-state index contributed by atoms with van der Waals surface area (Å²) in [6.45, 7) is 0.561. The molecule has 1 N–H and O–H groups in total. The van der Waals surface area contributed by atoms with Crippen LogP contribution in [0.15, 0.2) is 54.6 Å². The lowest BCUT2D eigenvalue weighted by Crippen LogP contribution is -2.21. The minimum absolute atomic E-state index is 0.257. The van der Waals surface area contributed by atoms with E-state index in [-0.39, 0.29) is 6.10 Å². The Labute approximate surface area is 121 Å². The van der Waals surface area contributed by atoms with E-state index >= 15 is 0 Å². The minimum atomic E-state index is -4.33. The van der Waals surface area contributed by atoms with Crippen LogP contribution in [0.2, 0.25) is 0 Å². The van der Waals surface area contributed by atoms with Crippen molar-refractivity contribution in [2.24, 2.45) is 0 Å². The number of rotatable bonds is 5. The van der Waals surface area contributed by atoms with Gasteiger partial charge in [-0.3, -0.25) is 0 Å². The third-order valence-electron chi connectivity index (χ3n) is 3.02. The minimum Gasteiger partial charge on any atom is -0.484 e. The molecule has 2 nitrogen and oxygen atoms in total.